The number of carbonyl (C=O) groups excluding carboxylic acids is 1. The molecule has 2 N–H and O–H groups in total. The third-order valence-electron chi connectivity index (χ3n) is 6.25. The number of rotatable bonds is 10. The van der Waals surface area contributed by atoms with Gasteiger partial charge in [-0.25, -0.2) is 0 Å². The van der Waals surface area contributed by atoms with Crippen LogP contribution in [0.1, 0.15) is 30.4 Å². The first-order valence-corrected chi connectivity index (χ1v) is 11.7. The maximum atomic E-state index is 12.9. The number of benzene rings is 2. The van der Waals surface area contributed by atoms with Gasteiger partial charge in [0, 0.05) is 24.7 Å². The van der Waals surface area contributed by atoms with Crippen LogP contribution in [0.25, 0.3) is 11.3 Å². The molecule has 35 heavy (non-hydrogen) atoms. The quantitative estimate of drug-likeness (QED) is 0.464. The summed E-state index contributed by atoms with van der Waals surface area (Å²) in [6, 6.07) is 22.9. The van der Waals surface area contributed by atoms with Gasteiger partial charge < -0.3 is 15.3 Å². The van der Waals surface area contributed by atoms with Gasteiger partial charge in [0.2, 0.25) is 5.91 Å². The number of nitrogens with one attached hydrogen (secondary N) is 1. The summed E-state index contributed by atoms with van der Waals surface area (Å²) >= 11 is 0. The van der Waals surface area contributed by atoms with E-state index in [1.807, 2.05) is 47.4 Å². The van der Waals surface area contributed by atoms with Crippen LogP contribution in [0.5, 0.6) is 0 Å². The molecule has 4 rings (SSSR count). The van der Waals surface area contributed by atoms with E-state index >= 15 is 0 Å². The Morgan fingerprint density at radius 3 is 2.51 bits per heavy atom. The van der Waals surface area contributed by atoms with Gasteiger partial charge in [-0.3, -0.25) is 9.59 Å². The fourth-order valence-corrected chi connectivity index (χ4v) is 4.46. The molecule has 1 aliphatic rings. The van der Waals surface area contributed by atoms with Gasteiger partial charge in [0.05, 0.1) is 29.7 Å². The SMILES string of the molecule is N#Cc1ccc(-c2ccc(NC[C@@H]3C[C@@H](CC(=O)O)C(=O)N3CCCc3ccccc3)nn2)cc1. The molecule has 8 nitrogen and oxygen atoms in total. The number of carboxylic acid groups (broad SMARTS) is 1. The van der Waals surface area contributed by atoms with Gasteiger partial charge in [0.15, 0.2) is 0 Å². The van der Waals surface area contributed by atoms with E-state index in [-0.39, 0.29) is 18.4 Å². The number of amides is 1. The zero-order valence-corrected chi connectivity index (χ0v) is 19.3. The van der Waals surface area contributed by atoms with Gasteiger partial charge in [-0.2, -0.15) is 5.26 Å². The molecule has 0 aliphatic carbocycles. The summed E-state index contributed by atoms with van der Waals surface area (Å²) in [5.41, 5.74) is 3.36. The molecule has 0 radical (unpaired) electrons. The van der Waals surface area contributed by atoms with Crippen LogP contribution in [-0.4, -0.2) is 51.2 Å². The van der Waals surface area contributed by atoms with Crippen LogP contribution < -0.4 is 5.32 Å². The largest absolute Gasteiger partial charge is 0.481 e. The molecule has 1 fully saturated rings. The van der Waals surface area contributed by atoms with Crippen LogP contribution in [0, 0.1) is 17.2 Å². The minimum atomic E-state index is -0.953. The second-order valence-corrected chi connectivity index (χ2v) is 8.68. The van der Waals surface area contributed by atoms with Crippen LogP contribution in [0.15, 0.2) is 66.7 Å². The summed E-state index contributed by atoms with van der Waals surface area (Å²) in [5.74, 6) is -0.957. The van der Waals surface area contributed by atoms with Gasteiger partial charge in [0.1, 0.15) is 5.82 Å². The van der Waals surface area contributed by atoms with E-state index in [2.05, 4.69) is 33.7 Å². The topological polar surface area (TPSA) is 119 Å². The molecule has 178 valence electrons. The number of hydrogen-bond acceptors (Lipinski definition) is 6. The van der Waals surface area contributed by atoms with Crippen molar-refractivity contribution in [1.82, 2.24) is 15.1 Å². The number of hydrogen-bond donors (Lipinski definition) is 2. The van der Waals surface area contributed by atoms with E-state index in [1.165, 1.54) is 5.56 Å². The molecule has 1 aromatic heterocycles. The van der Waals surface area contributed by atoms with E-state index in [4.69, 9.17) is 5.26 Å². The molecule has 0 unspecified atom stereocenters. The number of carbonyl (C=O) groups is 2. The van der Waals surface area contributed by atoms with Gasteiger partial charge in [-0.05, 0) is 49.1 Å². The number of nitriles is 1. The molecule has 1 amide bonds. The van der Waals surface area contributed by atoms with Crippen molar-refractivity contribution in [2.24, 2.45) is 5.92 Å². The Bertz CT molecular complexity index is 1190. The fraction of sp³-hybridized carbons (Fsp3) is 0.296. The standard InChI is InChI=1S/C27H27N5O3/c28-17-20-8-10-21(11-9-20)24-12-13-25(31-30-24)29-18-23-15-22(16-26(33)34)27(35)32(23)14-4-7-19-5-2-1-3-6-19/h1-3,5-6,8-13,22-23H,4,7,14-16,18H2,(H,29,31)(H,33,34)/t22-,23-/m0/s1. The van der Waals surface area contributed by atoms with E-state index < -0.39 is 11.9 Å². The molecule has 2 heterocycles. The summed E-state index contributed by atoms with van der Waals surface area (Å²) in [5, 5.41) is 29.9. The lowest BCUT2D eigenvalue weighted by Gasteiger charge is -2.25. The Kier molecular flexibility index (Phi) is 7.68. The second-order valence-electron chi connectivity index (χ2n) is 8.68. The Balaban J connectivity index is 1.37. The summed E-state index contributed by atoms with van der Waals surface area (Å²) < 4.78 is 0. The van der Waals surface area contributed by atoms with Crippen LogP contribution in [-0.2, 0) is 16.0 Å². The smallest absolute Gasteiger partial charge is 0.304 e. The van der Waals surface area contributed by atoms with Crippen molar-refractivity contribution in [2.75, 3.05) is 18.4 Å². The average molecular weight is 470 g/mol. The molecule has 3 aromatic rings. The highest BCUT2D eigenvalue weighted by molar-refractivity contribution is 5.85. The van der Waals surface area contributed by atoms with E-state index in [1.54, 1.807) is 12.1 Å². The van der Waals surface area contributed by atoms with Gasteiger partial charge in [-0.1, -0.05) is 42.5 Å². The fourth-order valence-electron chi connectivity index (χ4n) is 4.46. The number of likely N-dealkylation sites (tertiary alicyclic amines) is 1. The first kappa shape index (κ1) is 23.9. The summed E-state index contributed by atoms with van der Waals surface area (Å²) in [6.45, 7) is 1.05. The zero-order chi connectivity index (χ0) is 24.6. The van der Waals surface area contributed by atoms with Crippen molar-refractivity contribution in [1.29, 1.82) is 5.26 Å². The minimum Gasteiger partial charge on any atom is -0.481 e. The van der Waals surface area contributed by atoms with Crippen LogP contribution in [0.4, 0.5) is 5.82 Å². The molecule has 0 spiro atoms. The predicted octanol–water partition coefficient (Wildman–Crippen LogP) is 3.75. The van der Waals surface area contributed by atoms with Crippen molar-refractivity contribution < 1.29 is 14.7 Å². The highest BCUT2D eigenvalue weighted by Crippen LogP contribution is 2.28. The lowest BCUT2D eigenvalue weighted by Crippen LogP contribution is -2.39. The Hall–Kier alpha value is -4.25. The monoisotopic (exact) mass is 469 g/mol. The predicted molar refractivity (Wildman–Crippen MR) is 131 cm³/mol. The summed E-state index contributed by atoms with van der Waals surface area (Å²) in [6.07, 6.45) is 2.02. The minimum absolute atomic E-state index is 0.0884. The van der Waals surface area contributed by atoms with Crippen LogP contribution in [0.2, 0.25) is 0 Å². The highest BCUT2D eigenvalue weighted by atomic mass is 16.4. The molecule has 2 atom stereocenters. The van der Waals surface area contributed by atoms with E-state index in [0.29, 0.717) is 36.6 Å². The molecule has 1 saturated heterocycles. The van der Waals surface area contributed by atoms with E-state index in [0.717, 1.165) is 18.4 Å². The van der Waals surface area contributed by atoms with E-state index in [9.17, 15) is 14.7 Å². The molecule has 0 saturated carbocycles. The molecule has 0 bridgehead atoms. The van der Waals surface area contributed by atoms with Gasteiger partial charge in [0.25, 0.3) is 0 Å². The number of aromatic nitrogens is 2. The van der Waals surface area contributed by atoms with Crippen LogP contribution in [0.3, 0.4) is 0 Å². The molecular weight excluding hydrogens is 442 g/mol. The van der Waals surface area contributed by atoms with Crippen LogP contribution >= 0.6 is 0 Å². The number of anilines is 1. The summed E-state index contributed by atoms with van der Waals surface area (Å²) in [4.78, 5) is 26.0. The number of carboxylic acids is 1. The molecule has 1 aliphatic heterocycles. The normalized spacial score (nSPS) is 17.2. The van der Waals surface area contributed by atoms with Crippen molar-refractivity contribution in [2.45, 2.75) is 31.7 Å². The molecule has 8 heteroatoms. The lowest BCUT2D eigenvalue weighted by atomic mass is 10.0. The molecular formula is C27H27N5O3. The van der Waals surface area contributed by atoms with Gasteiger partial charge >= 0.3 is 5.97 Å². The Morgan fingerprint density at radius 1 is 1.09 bits per heavy atom. The van der Waals surface area contributed by atoms with Crippen molar-refractivity contribution >= 4 is 17.7 Å². The Morgan fingerprint density at radius 2 is 1.86 bits per heavy atom. The van der Waals surface area contributed by atoms with Crippen molar-refractivity contribution in [3.8, 4) is 17.3 Å². The maximum Gasteiger partial charge on any atom is 0.304 e. The number of aryl methyl sites for hydroxylation is 1. The van der Waals surface area contributed by atoms with Gasteiger partial charge in [-0.15, -0.1) is 10.2 Å². The zero-order valence-electron chi connectivity index (χ0n) is 19.3. The maximum absolute atomic E-state index is 12.9. The number of aliphatic carboxylic acids is 1. The summed E-state index contributed by atoms with van der Waals surface area (Å²) in [7, 11) is 0. The second kappa shape index (κ2) is 11.3. The first-order chi connectivity index (χ1) is 17.0. The third-order valence-corrected chi connectivity index (χ3v) is 6.25. The first-order valence-electron chi connectivity index (χ1n) is 11.7. The highest BCUT2D eigenvalue weighted by Gasteiger charge is 2.39. The molecule has 2 aromatic carbocycles. The number of nitrogens with zero attached hydrogens (tertiary/aromatic N) is 4. The lowest BCUT2D eigenvalue weighted by molar-refractivity contribution is -0.142. The average Bonchev–Trinajstić information content (AvgIpc) is 3.17. The van der Waals surface area contributed by atoms with Crippen molar-refractivity contribution in [3.05, 3.63) is 77.9 Å². The third kappa shape index (κ3) is 6.21. The van der Waals surface area contributed by atoms with Crippen molar-refractivity contribution in [3.63, 3.8) is 0 Å². The Labute approximate surface area is 204 Å².